The van der Waals surface area contributed by atoms with Crippen LogP contribution < -0.4 is 10.6 Å². The third-order valence-corrected chi connectivity index (χ3v) is 5.17. The van der Waals surface area contributed by atoms with Gasteiger partial charge in [0, 0.05) is 23.9 Å². The van der Waals surface area contributed by atoms with E-state index in [9.17, 15) is 27.2 Å². The molecule has 1 atom stereocenters. The SMILES string of the molecule is O=C1CCc2cc(C(=O)N[C@@H](c3ccc(C(F)(F)F)cc3)c3ncccc3F)ccc2N1. The van der Waals surface area contributed by atoms with E-state index in [1.54, 1.807) is 12.1 Å². The van der Waals surface area contributed by atoms with E-state index in [-0.39, 0.29) is 22.7 Å². The van der Waals surface area contributed by atoms with Gasteiger partial charge in [-0.05, 0) is 60.0 Å². The van der Waals surface area contributed by atoms with Crippen LogP contribution in [0.3, 0.4) is 0 Å². The number of hydrogen-bond donors (Lipinski definition) is 2. The average Bonchev–Trinajstić information content (AvgIpc) is 2.77. The fraction of sp³-hybridized carbons (Fsp3) is 0.174. The number of halogens is 4. The predicted octanol–water partition coefficient (Wildman–Crippen LogP) is 4.64. The zero-order valence-electron chi connectivity index (χ0n) is 16.5. The number of pyridine rings is 1. The molecule has 0 saturated heterocycles. The van der Waals surface area contributed by atoms with Crippen LogP contribution in [0.25, 0.3) is 0 Å². The molecule has 0 saturated carbocycles. The van der Waals surface area contributed by atoms with Crippen LogP contribution in [0.15, 0.2) is 60.8 Å². The van der Waals surface area contributed by atoms with Crippen molar-refractivity contribution in [3.63, 3.8) is 0 Å². The standard InChI is InChI=1S/C23H17F4N3O2/c24-17-2-1-11-28-21(17)20(13-3-7-16(8-4-13)23(25,26)27)30-22(32)15-5-9-18-14(12-15)6-10-19(31)29-18/h1-5,7-9,11-12,20H,6,10H2,(H,29,31)(H,30,32)/t20-/m0/s1. The van der Waals surface area contributed by atoms with Crippen LogP contribution in [-0.4, -0.2) is 16.8 Å². The number of benzene rings is 2. The van der Waals surface area contributed by atoms with Crippen molar-refractivity contribution in [3.8, 4) is 0 Å². The van der Waals surface area contributed by atoms with Crippen LogP contribution in [0.5, 0.6) is 0 Å². The van der Waals surface area contributed by atoms with E-state index in [2.05, 4.69) is 15.6 Å². The number of aryl methyl sites for hydroxylation is 1. The van der Waals surface area contributed by atoms with Gasteiger partial charge in [0.25, 0.3) is 5.91 Å². The van der Waals surface area contributed by atoms with Crippen molar-refractivity contribution in [1.82, 2.24) is 10.3 Å². The Kier molecular flexibility index (Phi) is 5.65. The first kappa shape index (κ1) is 21.5. The van der Waals surface area contributed by atoms with Crippen molar-refractivity contribution >= 4 is 17.5 Å². The lowest BCUT2D eigenvalue weighted by Crippen LogP contribution is -2.31. The van der Waals surface area contributed by atoms with Gasteiger partial charge in [-0.15, -0.1) is 0 Å². The number of alkyl halides is 3. The second-order valence-corrected chi connectivity index (χ2v) is 7.32. The first-order chi connectivity index (χ1) is 15.2. The quantitative estimate of drug-likeness (QED) is 0.577. The molecule has 1 aromatic heterocycles. The van der Waals surface area contributed by atoms with E-state index in [4.69, 9.17) is 0 Å². The highest BCUT2D eigenvalue weighted by Crippen LogP contribution is 2.31. The van der Waals surface area contributed by atoms with Gasteiger partial charge in [0.15, 0.2) is 0 Å². The van der Waals surface area contributed by atoms with Gasteiger partial charge < -0.3 is 10.6 Å². The number of carbonyl (C=O) groups is 2. The van der Waals surface area contributed by atoms with Crippen molar-refractivity contribution in [2.45, 2.75) is 25.1 Å². The van der Waals surface area contributed by atoms with Crippen molar-refractivity contribution in [1.29, 1.82) is 0 Å². The van der Waals surface area contributed by atoms with E-state index in [0.717, 1.165) is 23.8 Å². The normalized spacial score (nSPS) is 14.3. The lowest BCUT2D eigenvalue weighted by Gasteiger charge is -2.21. The van der Waals surface area contributed by atoms with Gasteiger partial charge >= 0.3 is 6.18 Å². The summed E-state index contributed by atoms with van der Waals surface area (Å²) in [5.41, 5.74) is 0.943. The molecule has 1 aliphatic rings. The minimum Gasteiger partial charge on any atom is -0.339 e. The maximum absolute atomic E-state index is 14.5. The van der Waals surface area contributed by atoms with Crippen LogP contribution in [0.2, 0.25) is 0 Å². The summed E-state index contributed by atoms with van der Waals surface area (Å²) >= 11 is 0. The van der Waals surface area contributed by atoms with Crippen LogP contribution in [0.4, 0.5) is 23.2 Å². The molecule has 2 amide bonds. The lowest BCUT2D eigenvalue weighted by atomic mass is 9.98. The summed E-state index contributed by atoms with van der Waals surface area (Å²) < 4.78 is 53.3. The number of carbonyl (C=O) groups excluding carboxylic acids is 2. The van der Waals surface area contributed by atoms with Gasteiger partial charge in [0.05, 0.1) is 11.6 Å². The van der Waals surface area contributed by atoms with Crippen LogP contribution in [-0.2, 0) is 17.4 Å². The molecule has 9 heteroatoms. The zero-order valence-corrected chi connectivity index (χ0v) is 16.5. The molecule has 1 aliphatic heterocycles. The molecule has 4 rings (SSSR count). The Morgan fingerprint density at radius 3 is 2.50 bits per heavy atom. The number of aromatic nitrogens is 1. The predicted molar refractivity (Wildman–Crippen MR) is 108 cm³/mol. The molecular weight excluding hydrogens is 426 g/mol. The monoisotopic (exact) mass is 443 g/mol. The number of anilines is 1. The van der Waals surface area contributed by atoms with Gasteiger partial charge in [0.2, 0.25) is 5.91 Å². The maximum atomic E-state index is 14.5. The zero-order chi connectivity index (χ0) is 22.9. The fourth-order valence-corrected chi connectivity index (χ4v) is 3.52. The van der Waals surface area contributed by atoms with E-state index in [0.29, 0.717) is 18.5 Å². The fourth-order valence-electron chi connectivity index (χ4n) is 3.52. The molecule has 0 unspecified atom stereocenters. The molecule has 5 nitrogen and oxygen atoms in total. The summed E-state index contributed by atoms with van der Waals surface area (Å²) in [7, 11) is 0. The maximum Gasteiger partial charge on any atom is 0.416 e. The van der Waals surface area contributed by atoms with E-state index < -0.39 is 29.5 Å². The highest BCUT2D eigenvalue weighted by Gasteiger charge is 2.31. The Morgan fingerprint density at radius 2 is 1.81 bits per heavy atom. The Morgan fingerprint density at radius 1 is 1.06 bits per heavy atom. The third-order valence-electron chi connectivity index (χ3n) is 5.17. The molecule has 32 heavy (non-hydrogen) atoms. The molecule has 164 valence electrons. The molecule has 2 N–H and O–H groups in total. The molecular formula is C23H17F4N3O2. The smallest absolute Gasteiger partial charge is 0.339 e. The van der Waals surface area contributed by atoms with Gasteiger partial charge in [0.1, 0.15) is 11.5 Å². The Labute approximate surface area is 180 Å². The highest BCUT2D eigenvalue weighted by molar-refractivity contribution is 5.98. The van der Waals surface area contributed by atoms with Crippen molar-refractivity contribution in [3.05, 3.63) is 94.6 Å². The molecule has 0 bridgehead atoms. The molecule has 2 heterocycles. The lowest BCUT2D eigenvalue weighted by molar-refractivity contribution is -0.137. The number of rotatable bonds is 4. The number of amides is 2. The van der Waals surface area contributed by atoms with Gasteiger partial charge in [-0.1, -0.05) is 12.1 Å². The van der Waals surface area contributed by atoms with Crippen LogP contribution >= 0.6 is 0 Å². The van der Waals surface area contributed by atoms with Crippen molar-refractivity contribution in [2.24, 2.45) is 0 Å². The minimum absolute atomic E-state index is 0.109. The van der Waals surface area contributed by atoms with Crippen LogP contribution in [0, 0.1) is 5.82 Å². The summed E-state index contributed by atoms with van der Waals surface area (Å²) in [5.74, 6) is -1.37. The molecule has 0 radical (unpaired) electrons. The summed E-state index contributed by atoms with van der Waals surface area (Å²) in [5, 5.41) is 5.39. The van der Waals surface area contributed by atoms with E-state index in [1.807, 2.05) is 0 Å². The summed E-state index contributed by atoms with van der Waals surface area (Å²) in [6.07, 6.45) is -2.42. The molecule has 0 spiro atoms. The van der Waals surface area contributed by atoms with Gasteiger partial charge in [-0.25, -0.2) is 4.39 Å². The molecule has 0 aliphatic carbocycles. The van der Waals surface area contributed by atoms with Gasteiger partial charge in [-0.2, -0.15) is 13.2 Å². The molecule has 0 fully saturated rings. The minimum atomic E-state index is -4.52. The van der Waals surface area contributed by atoms with E-state index >= 15 is 0 Å². The average molecular weight is 443 g/mol. The second-order valence-electron chi connectivity index (χ2n) is 7.32. The molecule has 3 aromatic rings. The highest BCUT2D eigenvalue weighted by atomic mass is 19.4. The summed E-state index contributed by atoms with van der Waals surface area (Å²) in [4.78, 5) is 28.5. The number of fused-ring (bicyclic) bond motifs is 1. The topological polar surface area (TPSA) is 71.1 Å². The first-order valence-corrected chi connectivity index (χ1v) is 9.73. The number of nitrogens with one attached hydrogen (secondary N) is 2. The summed E-state index contributed by atoms with van der Waals surface area (Å²) in [6.45, 7) is 0. The Hall–Kier alpha value is -3.75. The second kappa shape index (κ2) is 8.41. The Bertz CT molecular complexity index is 1180. The molecule has 2 aromatic carbocycles. The number of hydrogen-bond acceptors (Lipinski definition) is 3. The van der Waals surface area contributed by atoms with Crippen LogP contribution in [0.1, 0.15) is 45.2 Å². The van der Waals surface area contributed by atoms with Crippen molar-refractivity contribution in [2.75, 3.05) is 5.32 Å². The summed E-state index contributed by atoms with van der Waals surface area (Å²) in [6, 6.07) is 10.3. The first-order valence-electron chi connectivity index (χ1n) is 9.73. The number of nitrogens with zero attached hydrogens (tertiary/aromatic N) is 1. The van der Waals surface area contributed by atoms with Crippen molar-refractivity contribution < 1.29 is 27.2 Å². The Balaban J connectivity index is 1.66. The van der Waals surface area contributed by atoms with Gasteiger partial charge in [-0.3, -0.25) is 14.6 Å². The largest absolute Gasteiger partial charge is 0.416 e. The van der Waals surface area contributed by atoms with E-state index in [1.165, 1.54) is 30.5 Å². The third kappa shape index (κ3) is 4.46.